The first kappa shape index (κ1) is 13.1. The number of fused-ring (bicyclic) bond motifs is 1. The van der Waals surface area contributed by atoms with Crippen LogP contribution in [0.4, 0.5) is 5.13 Å². The van der Waals surface area contributed by atoms with Crippen LogP contribution in [0, 0.1) is 0 Å². The molecule has 1 atom stereocenters. The van der Waals surface area contributed by atoms with Crippen LogP contribution in [0.2, 0.25) is 0 Å². The molecule has 1 aromatic heterocycles. The van der Waals surface area contributed by atoms with Crippen molar-refractivity contribution in [3.8, 4) is 0 Å². The van der Waals surface area contributed by atoms with Crippen molar-refractivity contribution >= 4 is 22.4 Å². The summed E-state index contributed by atoms with van der Waals surface area (Å²) in [6.07, 6.45) is 2.37. The summed E-state index contributed by atoms with van der Waals surface area (Å²) in [5.41, 5.74) is 8.99. The van der Waals surface area contributed by atoms with Crippen molar-refractivity contribution in [2.75, 3.05) is 12.8 Å². The minimum Gasteiger partial charge on any atom is -0.375 e. The smallest absolute Gasteiger partial charge is 0.228 e. The van der Waals surface area contributed by atoms with Crippen molar-refractivity contribution in [2.24, 2.45) is 0 Å². The number of rotatable bonds is 3. The zero-order valence-electron chi connectivity index (χ0n) is 11.4. The Morgan fingerprint density at radius 1 is 1.50 bits per heavy atom. The van der Waals surface area contributed by atoms with Gasteiger partial charge in [0.05, 0.1) is 18.2 Å². The Morgan fingerprint density at radius 2 is 2.30 bits per heavy atom. The molecule has 0 spiro atoms. The zero-order chi connectivity index (χ0) is 14.1. The summed E-state index contributed by atoms with van der Waals surface area (Å²) in [7, 11) is 1.88. The molecular formula is C15H17N3OS. The van der Waals surface area contributed by atoms with Gasteiger partial charge in [0.2, 0.25) is 5.91 Å². The third-order valence-electron chi connectivity index (χ3n) is 3.86. The van der Waals surface area contributed by atoms with Crippen LogP contribution in [-0.4, -0.2) is 22.8 Å². The molecule has 2 aromatic rings. The standard InChI is InChI=1S/C15H17N3OS/c1-18(14(19)8-11-9-20-15(16)17-11)13-7-6-10-4-2-3-5-12(10)13/h2-5,9,13H,6-8H2,1H3,(H2,16,17). The van der Waals surface area contributed by atoms with Gasteiger partial charge >= 0.3 is 0 Å². The molecule has 4 nitrogen and oxygen atoms in total. The first-order valence-electron chi connectivity index (χ1n) is 6.68. The molecule has 0 saturated carbocycles. The van der Waals surface area contributed by atoms with Gasteiger partial charge < -0.3 is 10.6 Å². The van der Waals surface area contributed by atoms with Gasteiger partial charge in [0.15, 0.2) is 5.13 Å². The molecule has 3 rings (SSSR count). The highest BCUT2D eigenvalue weighted by atomic mass is 32.1. The number of aryl methyl sites for hydroxylation is 1. The Labute approximate surface area is 122 Å². The molecule has 1 aromatic carbocycles. The lowest BCUT2D eigenvalue weighted by Gasteiger charge is -2.25. The van der Waals surface area contributed by atoms with Crippen LogP contribution in [0.3, 0.4) is 0 Å². The van der Waals surface area contributed by atoms with Gasteiger partial charge in [-0.05, 0) is 24.0 Å². The van der Waals surface area contributed by atoms with Crippen molar-refractivity contribution in [3.05, 3.63) is 46.5 Å². The first-order valence-corrected chi connectivity index (χ1v) is 7.56. The van der Waals surface area contributed by atoms with Crippen LogP contribution in [0.15, 0.2) is 29.6 Å². The van der Waals surface area contributed by atoms with Crippen LogP contribution in [0.5, 0.6) is 0 Å². The van der Waals surface area contributed by atoms with E-state index >= 15 is 0 Å². The summed E-state index contributed by atoms with van der Waals surface area (Å²) in [5.74, 6) is 0.0944. The number of thiazole rings is 1. The maximum absolute atomic E-state index is 12.4. The van der Waals surface area contributed by atoms with E-state index in [9.17, 15) is 4.79 Å². The predicted octanol–water partition coefficient (Wildman–Crippen LogP) is 2.41. The number of nitrogens with zero attached hydrogens (tertiary/aromatic N) is 2. The summed E-state index contributed by atoms with van der Waals surface area (Å²) < 4.78 is 0. The Morgan fingerprint density at radius 3 is 3.05 bits per heavy atom. The minimum atomic E-state index is 0.0944. The molecule has 5 heteroatoms. The molecule has 0 aliphatic heterocycles. The van der Waals surface area contributed by atoms with Crippen LogP contribution < -0.4 is 5.73 Å². The van der Waals surface area contributed by atoms with Gasteiger partial charge in [0, 0.05) is 12.4 Å². The number of nitrogen functional groups attached to an aromatic ring is 1. The summed E-state index contributed by atoms with van der Waals surface area (Å²) in [6, 6.07) is 8.55. The van der Waals surface area contributed by atoms with E-state index in [1.54, 1.807) is 0 Å². The molecule has 1 amide bonds. The lowest BCUT2D eigenvalue weighted by Crippen LogP contribution is -2.31. The highest BCUT2D eigenvalue weighted by molar-refractivity contribution is 7.13. The monoisotopic (exact) mass is 287 g/mol. The number of hydrogen-bond donors (Lipinski definition) is 1. The fraction of sp³-hybridized carbons (Fsp3) is 0.333. The summed E-state index contributed by atoms with van der Waals surface area (Å²) in [4.78, 5) is 18.4. The number of nitrogens with two attached hydrogens (primary N) is 1. The summed E-state index contributed by atoms with van der Waals surface area (Å²) >= 11 is 1.37. The third-order valence-corrected chi connectivity index (χ3v) is 4.59. The number of benzene rings is 1. The highest BCUT2D eigenvalue weighted by Gasteiger charge is 2.28. The fourth-order valence-electron chi connectivity index (χ4n) is 2.79. The third kappa shape index (κ3) is 2.41. The fourth-order valence-corrected chi connectivity index (χ4v) is 3.36. The molecule has 104 valence electrons. The Hall–Kier alpha value is -1.88. The summed E-state index contributed by atoms with van der Waals surface area (Å²) in [6.45, 7) is 0. The van der Waals surface area contributed by atoms with Gasteiger partial charge in [-0.3, -0.25) is 4.79 Å². The molecule has 0 bridgehead atoms. The normalized spacial score (nSPS) is 16.9. The molecule has 20 heavy (non-hydrogen) atoms. The topological polar surface area (TPSA) is 59.2 Å². The first-order chi connectivity index (χ1) is 9.65. The quantitative estimate of drug-likeness (QED) is 0.943. The van der Waals surface area contributed by atoms with E-state index in [1.807, 2.05) is 23.4 Å². The Bertz CT molecular complexity index is 638. The molecule has 0 saturated heterocycles. The van der Waals surface area contributed by atoms with Crippen molar-refractivity contribution in [1.82, 2.24) is 9.88 Å². The number of anilines is 1. The maximum Gasteiger partial charge on any atom is 0.228 e. The predicted molar refractivity (Wildman–Crippen MR) is 80.5 cm³/mol. The van der Waals surface area contributed by atoms with Crippen molar-refractivity contribution in [3.63, 3.8) is 0 Å². The molecule has 0 radical (unpaired) electrons. The molecule has 1 heterocycles. The van der Waals surface area contributed by atoms with Crippen LogP contribution in [0.25, 0.3) is 0 Å². The molecular weight excluding hydrogens is 270 g/mol. The van der Waals surface area contributed by atoms with Crippen molar-refractivity contribution in [1.29, 1.82) is 0 Å². The van der Waals surface area contributed by atoms with Gasteiger partial charge in [-0.25, -0.2) is 4.98 Å². The second kappa shape index (κ2) is 5.25. The van der Waals surface area contributed by atoms with Crippen molar-refractivity contribution < 1.29 is 4.79 Å². The molecule has 1 aliphatic carbocycles. The van der Waals surface area contributed by atoms with Gasteiger partial charge in [0.1, 0.15) is 0 Å². The van der Waals surface area contributed by atoms with Crippen LogP contribution >= 0.6 is 11.3 Å². The van der Waals surface area contributed by atoms with E-state index in [-0.39, 0.29) is 11.9 Å². The maximum atomic E-state index is 12.4. The second-order valence-electron chi connectivity index (χ2n) is 5.11. The van der Waals surface area contributed by atoms with Gasteiger partial charge in [-0.15, -0.1) is 11.3 Å². The number of amides is 1. The lowest BCUT2D eigenvalue weighted by molar-refractivity contribution is -0.131. The average Bonchev–Trinajstić information content (AvgIpc) is 3.04. The Kier molecular flexibility index (Phi) is 3.44. The van der Waals surface area contributed by atoms with Gasteiger partial charge in [-0.1, -0.05) is 24.3 Å². The second-order valence-corrected chi connectivity index (χ2v) is 6.00. The minimum absolute atomic E-state index is 0.0944. The summed E-state index contributed by atoms with van der Waals surface area (Å²) in [5, 5.41) is 2.37. The van der Waals surface area contributed by atoms with Gasteiger partial charge in [0.25, 0.3) is 0 Å². The van der Waals surface area contributed by atoms with Crippen LogP contribution in [0.1, 0.15) is 29.3 Å². The Balaban J connectivity index is 1.73. The van der Waals surface area contributed by atoms with E-state index < -0.39 is 0 Å². The van der Waals surface area contributed by atoms with E-state index in [4.69, 9.17) is 5.73 Å². The number of hydrogen-bond acceptors (Lipinski definition) is 4. The molecule has 0 fully saturated rings. The van der Waals surface area contributed by atoms with E-state index in [1.165, 1.54) is 22.5 Å². The number of aromatic nitrogens is 1. The van der Waals surface area contributed by atoms with Crippen molar-refractivity contribution in [2.45, 2.75) is 25.3 Å². The largest absolute Gasteiger partial charge is 0.375 e. The molecule has 1 aliphatic rings. The van der Waals surface area contributed by atoms with Crippen LogP contribution in [-0.2, 0) is 17.6 Å². The lowest BCUT2D eigenvalue weighted by atomic mass is 10.1. The van der Waals surface area contributed by atoms with Gasteiger partial charge in [-0.2, -0.15) is 0 Å². The highest BCUT2D eigenvalue weighted by Crippen LogP contribution is 2.35. The number of carbonyl (C=O) groups is 1. The van der Waals surface area contributed by atoms with E-state index in [0.29, 0.717) is 11.6 Å². The zero-order valence-corrected chi connectivity index (χ0v) is 12.2. The van der Waals surface area contributed by atoms with E-state index in [2.05, 4.69) is 23.2 Å². The average molecular weight is 287 g/mol. The number of likely N-dealkylation sites (N-methyl/N-ethyl adjacent to an activating group) is 1. The molecule has 1 unspecified atom stereocenters. The number of carbonyl (C=O) groups excluding carboxylic acids is 1. The molecule has 2 N–H and O–H groups in total. The SMILES string of the molecule is CN(C(=O)Cc1csc(N)n1)C1CCc2ccccc21. The van der Waals surface area contributed by atoms with E-state index in [0.717, 1.165) is 18.5 Å².